The Balaban J connectivity index is 2.02. The second kappa shape index (κ2) is 7.44. The van der Waals surface area contributed by atoms with E-state index in [2.05, 4.69) is 15.5 Å². The number of pyridine rings is 1. The normalized spacial score (nSPS) is 15.8. The maximum atomic E-state index is 12.8. The molecule has 152 valence electrons. The molecule has 1 unspecified atom stereocenters. The van der Waals surface area contributed by atoms with Crippen molar-refractivity contribution in [1.29, 1.82) is 0 Å². The minimum absolute atomic E-state index is 0.147. The summed E-state index contributed by atoms with van der Waals surface area (Å²) in [5.41, 5.74) is 1.41. The topological polar surface area (TPSA) is 105 Å². The van der Waals surface area contributed by atoms with E-state index in [1.54, 1.807) is 6.07 Å². The Bertz CT molecular complexity index is 900. The number of carboxylic acids is 1. The molecule has 1 aliphatic carbocycles. The Labute approximate surface area is 160 Å². The number of amides is 1. The summed E-state index contributed by atoms with van der Waals surface area (Å²) in [5.74, 6) is -2.05. The van der Waals surface area contributed by atoms with Crippen molar-refractivity contribution in [3.8, 4) is 0 Å². The van der Waals surface area contributed by atoms with Crippen molar-refractivity contribution >= 4 is 23.0 Å². The van der Waals surface area contributed by atoms with Crippen LogP contribution in [0.25, 0.3) is 11.1 Å². The molecule has 7 nitrogen and oxygen atoms in total. The van der Waals surface area contributed by atoms with E-state index < -0.39 is 30.8 Å². The molecule has 2 N–H and O–H groups in total. The summed E-state index contributed by atoms with van der Waals surface area (Å²) in [6.07, 6.45) is -1.45. The summed E-state index contributed by atoms with van der Waals surface area (Å²) < 4.78 is 30.7. The number of alkyl halides is 2. The van der Waals surface area contributed by atoms with Crippen molar-refractivity contribution in [2.24, 2.45) is 5.41 Å². The van der Waals surface area contributed by atoms with Crippen LogP contribution in [0.5, 0.6) is 0 Å². The van der Waals surface area contributed by atoms with Crippen LogP contribution >= 0.6 is 0 Å². The lowest BCUT2D eigenvalue weighted by atomic mass is 9.89. The maximum absolute atomic E-state index is 12.8. The van der Waals surface area contributed by atoms with Gasteiger partial charge in [-0.05, 0) is 30.7 Å². The second-order valence-corrected chi connectivity index (χ2v) is 8.41. The van der Waals surface area contributed by atoms with Crippen LogP contribution in [-0.2, 0) is 11.2 Å². The highest BCUT2D eigenvalue weighted by atomic mass is 19.3. The van der Waals surface area contributed by atoms with E-state index >= 15 is 0 Å². The largest absolute Gasteiger partial charge is 0.480 e. The molecule has 0 bridgehead atoms. The lowest BCUT2D eigenvalue weighted by Crippen LogP contribution is -2.42. The van der Waals surface area contributed by atoms with E-state index in [4.69, 9.17) is 9.63 Å². The van der Waals surface area contributed by atoms with Crippen molar-refractivity contribution in [2.75, 3.05) is 0 Å². The van der Waals surface area contributed by atoms with E-state index in [0.717, 1.165) is 12.8 Å². The predicted octanol–water partition coefficient (Wildman–Crippen LogP) is 3.53. The van der Waals surface area contributed by atoms with Gasteiger partial charge in [0, 0.05) is 18.0 Å². The third-order valence-electron chi connectivity index (χ3n) is 4.49. The minimum atomic E-state index is -2.85. The van der Waals surface area contributed by atoms with E-state index in [1.165, 1.54) is 0 Å². The number of hydrogen-bond acceptors (Lipinski definition) is 5. The molecule has 0 saturated heterocycles. The van der Waals surface area contributed by atoms with Gasteiger partial charge in [-0.3, -0.25) is 4.79 Å². The number of nitrogens with zero attached hydrogens (tertiary/aromatic N) is 2. The number of carboxylic acid groups (broad SMARTS) is 1. The van der Waals surface area contributed by atoms with Gasteiger partial charge >= 0.3 is 5.97 Å². The quantitative estimate of drug-likeness (QED) is 0.743. The van der Waals surface area contributed by atoms with Crippen molar-refractivity contribution < 1.29 is 28.0 Å². The first-order valence-corrected chi connectivity index (χ1v) is 9.16. The summed E-state index contributed by atoms with van der Waals surface area (Å²) in [7, 11) is 0. The molecule has 0 aliphatic heterocycles. The molecule has 3 rings (SSSR count). The number of carbonyl (C=O) groups is 2. The van der Waals surface area contributed by atoms with Crippen molar-refractivity contribution in [1.82, 2.24) is 15.5 Å². The summed E-state index contributed by atoms with van der Waals surface area (Å²) in [5, 5.41) is 15.8. The zero-order valence-corrected chi connectivity index (χ0v) is 16.0. The van der Waals surface area contributed by atoms with Gasteiger partial charge in [0.05, 0.1) is 16.6 Å². The number of halogens is 2. The van der Waals surface area contributed by atoms with Crippen LogP contribution in [0, 0.1) is 5.41 Å². The standard InChI is InChI=1S/C19H23F2N3O4/c1-19(2,3)8-13-15-10(16(25)22-12(18(26)27)7-14(20)21)6-11(9-4-5-9)23-17(15)28-24-13/h6,9,12,14H,4-5,7-8H2,1-3H3,(H,22,25)(H,26,27). The van der Waals surface area contributed by atoms with Crippen LogP contribution in [-0.4, -0.2) is 39.6 Å². The van der Waals surface area contributed by atoms with Crippen LogP contribution in [0.3, 0.4) is 0 Å². The summed E-state index contributed by atoms with van der Waals surface area (Å²) in [6, 6.07) is -0.0917. The second-order valence-electron chi connectivity index (χ2n) is 8.41. The van der Waals surface area contributed by atoms with Gasteiger partial charge in [0.25, 0.3) is 11.6 Å². The number of aliphatic carboxylic acids is 1. The van der Waals surface area contributed by atoms with Gasteiger partial charge in [0.2, 0.25) is 6.43 Å². The number of rotatable bonds is 7. The Hall–Kier alpha value is -2.58. The Morgan fingerprint density at radius 1 is 1.36 bits per heavy atom. The molecule has 0 spiro atoms. The Morgan fingerprint density at radius 3 is 2.57 bits per heavy atom. The van der Waals surface area contributed by atoms with Crippen LogP contribution < -0.4 is 5.32 Å². The molecule has 1 fully saturated rings. The number of fused-ring (bicyclic) bond motifs is 1. The van der Waals surface area contributed by atoms with Crippen molar-refractivity contribution in [2.45, 2.75) is 64.8 Å². The average Bonchev–Trinajstić information content (AvgIpc) is 3.34. The molecule has 2 aromatic heterocycles. The van der Waals surface area contributed by atoms with E-state index in [-0.39, 0.29) is 22.6 Å². The molecule has 28 heavy (non-hydrogen) atoms. The molecule has 2 heterocycles. The summed E-state index contributed by atoms with van der Waals surface area (Å²) in [6.45, 7) is 6.01. The molecule has 1 atom stereocenters. The van der Waals surface area contributed by atoms with Crippen LogP contribution in [0.2, 0.25) is 0 Å². The Morgan fingerprint density at radius 2 is 2.04 bits per heavy atom. The predicted molar refractivity (Wildman–Crippen MR) is 96.4 cm³/mol. The molecule has 0 radical (unpaired) electrons. The molecular formula is C19H23F2N3O4. The van der Waals surface area contributed by atoms with Crippen molar-refractivity contribution in [3.63, 3.8) is 0 Å². The third-order valence-corrected chi connectivity index (χ3v) is 4.49. The molecule has 9 heteroatoms. The van der Waals surface area contributed by atoms with Gasteiger partial charge < -0.3 is 14.9 Å². The molecule has 0 aromatic carbocycles. The molecule has 1 amide bonds. The van der Waals surface area contributed by atoms with E-state index in [0.29, 0.717) is 23.2 Å². The monoisotopic (exact) mass is 395 g/mol. The SMILES string of the molecule is CC(C)(C)Cc1noc2nc(C3CC3)cc(C(=O)NC(CC(F)F)C(=O)O)c12. The number of aromatic nitrogens is 2. The van der Waals surface area contributed by atoms with Gasteiger partial charge in [-0.1, -0.05) is 25.9 Å². The summed E-state index contributed by atoms with van der Waals surface area (Å²) in [4.78, 5) is 28.6. The van der Waals surface area contributed by atoms with Gasteiger partial charge in [0.15, 0.2) is 0 Å². The smallest absolute Gasteiger partial charge is 0.326 e. The first kappa shape index (κ1) is 20.2. The molecule has 1 saturated carbocycles. The number of carbonyl (C=O) groups excluding carboxylic acids is 1. The maximum Gasteiger partial charge on any atom is 0.326 e. The fourth-order valence-corrected chi connectivity index (χ4v) is 3.06. The number of nitrogens with one attached hydrogen (secondary N) is 1. The average molecular weight is 395 g/mol. The van der Waals surface area contributed by atoms with Crippen LogP contribution in [0.1, 0.15) is 67.7 Å². The van der Waals surface area contributed by atoms with Crippen molar-refractivity contribution in [3.05, 3.63) is 23.0 Å². The first-order valence-electron chi connectivity index (χ1n) is 9.16. The zero-order valence-electron chi connectivity index (χ0n) is 16.0. The van der Waals surface area contributed by atoms with Gasteiger partial charge in [0.1, 0.15) is 6.04 Å². The molecule has 1 aliphatic rings. The Kier molecular flexibility index (Phi) is 5.36. The fourth-order valence-electron chi connectivity index (χ4n) is 3.06. The number of hydrogen-bond donors (Lipinski definition) is 2. The highest BCUT2D eigenvalue weighted by Crippen LogP contribution is 2.41. The van der Waals surface area contributed by atoms with Gasteiger partial charge in [-0.25, -0.2) is 18.6 Å². The van der Waals surface area contributed by atoms with Crippen LogP contribution in [0.4, 0.5) is 8.78 Å². The zero-order chi connectivity index (χ0) is 20.6. The van der Waals surface area contributed by atoms with Gasteiger partial charge in [-0.15, -0.1) is 0 Å². The van der Waals surface area contributed by atoms with Gasteiger partial charge in [-0.2, -0.15) is 0 Å². The van der Waals surface area contributed by atoms with E-state index in [9.17, 15) is 18.4 Å². The molecular weight excluding hydrogens is 372 g/mol. The molecule has 2 aromatic rings. The highest BCUT2D eigenvalue weighted by molar-refractivity contribution is 6.07. The lowest BCUT2D eigenvalue weighted by Gasteiger charge is -2.17. The third kappa shape index (κ3) is 4.63. The van der Waals surface area contributed by atoms with E-state index in [1.807, 2.05) is 20.8 Å². The lowest BCUT2D eigenvalue weighted by molar-refractivity contribution is -0.140. The highest BCUT2D eigenvalue weighted by Gasteiger charge is 2.31. The summed E-state index contributed by atoms with van der Waals surface area (Å²) >= 11 is 0. The first-order chi connectivity index (χ1) is 13.0. The fraction of sp³-hybridized carbons (Fsp3) is 0.579. The van der Waals surface area contributed by atoms with Crippen LogP contribution in [0.15, 0.2) is 10.6 Å². The minimum Gasteiger partial charge on any atom is -0.480 e.